The lowest BCUT2D eigenvalue weighted by Gasteiger charge is -2.23. The highest BCUT2D eigenvalue weighted by Gasteiger charge is 2.34. The average molecular weight is 181 g/mol. The van der Waals surface area contributed by atoms with E-state index in [2.05, 4.69) is 11.8 Å². The van der Waals surface area contributed by atoms with E-state index in [-0.39, 0.29) is 0 Å². The van der Waals surface area contributed by atoms with Crippen LogP contribution in [-0.4, -0.2) is 23.4 Å². The topological polar surface area (TPSA) is 20.3 Å². The van der Waals surface area contributed by atoms with E-state index in [4.69, 9.17) is 0 Å². The van der Waals surface area contributed by atoms with E-state index >= 15 is 0 Å². The van der Waals surface area contributed by atoms with Crippen molar-refractivity contribution in [1.29, 1.82) is 0 Å². The number of nitrogens with zero attached hydrogens (tertiary/aromatic N) is 1. The molecule has 1 heterocycles. The Bertz CT molecular complexity index is 196. The summed E-state index contributed by atoms with van der Waals surface area (Å²) in [6, 6.07) is 0.601. The third-order valence-electron chi connectivity index (χ3n) is 3.58. The molecule has 74 valence electrons. The van der Waals surface area contributed by atoms with Crippen LogP contribution in [0.25, 0.3) is 0 Å². The molecule has 1 atom stereocenters. The molecular weight excluding hydrogens is 162 g/mol. The van der Waals surface area contributed by atoms with Gasteiger partial charge in [-0.2, -0.15) is 0 Å². The lowest BCUT2D eigenvalue weighted by Crippen LogP contribution is -2.34. The van der Waals surface area contributed by atoms with Crippen LogP contribution >= 0.6 is 0 Å². The van der Waals surface area contributed by atoms with Crippen molar-refractivity contribution < 1.29 is 4.79 Å². The van der Waals surface area contributed by atoms with Crippen molar-refractivity contribution in [3.63, 3.8) is 0 Å². The van der Waals surface area contributed by atoms with Crippen LogP contribution in [0.2, 0.25) is 0 Å². The Morgan fingerprint density at radius 1 is 1.38 bits per heavy atom. The van der Waals surface area contributed by atoms with E-state index < -0.39 is 0 Å². The monoisotopic (exact) mass is 181 g/mol. The smallest absolute Gasteiger partial charge is 0.223 e. The number of hydrogen-bond acceptors (Lipinski definition) is 1. The lowest BCUT2D eigenvalue weighted by atomic mass is 10.1. The van der Waals surface area contributed by atoms with Gasteiger partial charge in [-0.15, -0.1) is 0 Å². The molecule has 1 aliphatic heterocycles. The van der Waals surface area contributed by atoms with Gasteiger partial charge in [0.25, 0.3) is 0 Å². The molecule has 2 aliphatic rings. The number of hydrogen-bond donors (Lipinski definition) is 0. The number of likely N-dealkylation sites (tertiary alicyclic amines) is 1. The maximum Gasteiger partial charge on any atom is 0.223 e. The van der Waals surface area contributed by atoms with Crippen molar-refractivity contribution in [3.05, 3.63) is 0 Å². The van der Waals surface area contributed by atoms with E-state index in [1.807, 2.05) is 0 Å². The van der Waals surface area contributed by atoms with Gasteiger partial charge < -0.3 is 4.90 Å². The Balaban J connectivity index is 1.95. The minimum absolute atomic E-state index is 0.416. The first-order valence-electron chi connectivity index (χ1n) is 5.60. The minimum Gasteiger partial charge on any atom is -0.339 e. The highest BCUT2D eigenvalue weighted by molar-refractivity contribution is 5.79. The lowest BCUT2D eigenvalue weighted by molar-refractivity contribution is -0.129. The fourth-order valence-electron chi connectivity index (χ4n) is 2.65. The molecule has 0 spiro atoms. The van der Waals surface area contributed by atoms with Crippen LogP contribution in [0.3, 0.4) is 0 Å². The van der Waals surface area contributed by atoms with E-state index in [9.17, 15) is 4.79 Å². The fourth-order valence-corrected chi connectivity index (χ4v) is 2.65. The van der Waals surface area contributed by atoms with Gasteiger partial charge in [-0.05, 0) is 18.8 Å². The zero-order valence-corrected chi connectivity index (χ0v) is 8.46. The van der Waals surface area contributed by atoms with Gasteiger partial charge in [0.15, 0.2) is 0 Å². The van der Waals surface area contributed by atoms with Gasteiger partial charge >= 0.3 is 0 Å². The van der Waals surface area contributed by atoms with Crippen LogP contribution < -0.4 is 0 Å². The molecule has 2 nitrogen and oxygen atoms in total. The van der Waals surface area contributed by atoms with Crippen molar-refractivity contribution >= 4 is 5.91 Å². The molecule has 1 amide bonds. The van der Waals surface area contributed by atoms with Gasteiger partial charge in [-0.25, -0.2) is 0 Å². The molecule has 0 aromatic carbocycles. The summed E-state index contributed by atoms with van der Waals surface area (Å²) < 4.78 is 0. The Hall–Kier alpha value is -0.530. The molecule has 0 aromatic heterocycles. The van der Waals surface area contributed by atoms with Gasteiger partial charge in [0.05, 0.1) is 0 Å². The summed E-state index contributed by atoms with van der Waals surface area (Å²) in [5.74, 6) is 1.06. The molecule has 0 N–H and O–H groups in total. The Morgan fingerprint density at radius 3 is 2.62 bits per heavy atom. The molecule has 0 aromatic rings. The molecule has 13 heavy (non-hydrogen) atoms. The Labute approximate surface area is 80.3 Å². The van der Waals surface area contributed by atoms with Crippen LogP contribution in [0.5, 0.6) is 0 Å². The quantitative estimate of drug-likeness (QED) is 0.639. The first-order chi connectivity index (χ1) is 6.31. The van der Waals surface area contributed by atoms with Crippen molar-refractivity contribution in [1.82, 2.24) is 4.90 Å². The summed E-state index contributed by atoms with van der Waals surface area (Å²) in [5.41, 5.74) is 0. The number of carbonyl (C=O) groups excluding carboxylic acids is 1. The predicted molar refractivity (Wildman–Crippen MR) is 52.4 cm³/mol. The fraction of sp³-hybridized carbons (Fsp3) is 0.909. The van der Waals surface area contributed by atoms with Gasteiger partial charge in [-0.3, -0.25) is 4.79 Å². The van der Waals surface area contributed by atoms with Crippen LogP contribution in [0.4, 0.5) is 0 Å². The van der Waals surface area contributed by atoms with Gasteiger partial charge in [0.1, 0.15) is 0 Å². The normalized spacial score (nSPS) is 30.4. The van der Waals surface area contributed by atoms with Crippen molar-refractivity contribution in [2.24, 2.45) is 5.92 Å². The molecular formula is C11H19NO. The van der Waals surface area contributed by atoms with Crippen LogP contribution in [0.15, 0.2) is 0 Å². The summed E-state index contributed by atoms with van der Waals surface area (Å²) in [4.78, 5) is 13.8. The van der Waals surface area contributed by atoms with Crippen molar-refractivity contribution in [3.8, 4) is 0 Å². The standard InChI is InChI=1S/C11H19NO/c1-2-9-7-11(13)12(8-9)10-5-3-4-6-10/h9-10H,2-8H2,1H3. The minimum atomic E-state index is 0.416. The highest BCUT2D eigenvalue weighted by atomic mass is 16.2. The Morgan fingerprint density at radius 2 is 2.08 bits per heavy atom. The molecule has 2 rings (SSSR count). The second kappa shape index (κ2) is 3.69. The molecule has 1 saturated heterocycles. The maximum atomic E-state index is 11.7. The highest BCUT2D eigenvalue weighted by Crippen LogP contribution is 2.30. The third-order valence-corrected chi connectivity index (χ3v) is 3.58. The van der Waals surface area contributed by atoms with Crippen LogP contribution in [0.1, 0.15) is 45.4 Å². The maximum absolute atomic E-state index is 11.7. The van der Waals surface area contributed by atoms with Gasteiger partial charge in [0.2, 0.25) is 5.91 Å². The molecule has 1 unspecified atom stereocenters. The van der Waals surface area contributed by atoms with Gasteiger partial charge in [-0.1, -0.05) is 26.2 Å². The molecule has 1 saturated carbocycles. The second-order valence-electron chi connectivity index (χ2n) is 4.46. The van der Waals surface area contributed by atoms with E-state index in [1.54, 1.807) is 0 Å². The van der Waals surface area contributed by atoms with Crippen LogP contribution in [-0.2, 0) is 4.79 Å². The summed E-state index contributed by atoms with van der Waals surface area (Å²) in [7, 11) is 0. The number of amides is 1. The molecule has 0 radical (unpaired) electrons. The number of carbonyl (C=O) groups is 1. The summed E-state index contributed by atoms with van der Waals surface area (Å²) in [6.07, 6.45) is 7.13. The first-order valence-corrected chi connectivity index (χ1v) is 5.60. The number of rotatable bonds is 2. The largest absolute Gasteiger partial charge is 0.339 e. The van der Waals surface area contributed by atoms with Crippen molar-refractivity contribution in [2.75, 3.05) is 6.54 Å². The van der Waals surface area contributed by atoms with Crippen molar-refractivity contribution in [2.45, 2.75) is 51.5 Å². The molecule has 2 heteroatoms. The Kier molecular flexibility index (Phi) is 2.56. The van der Waals surface area contributed by atoms with E-state index in [1.165, 1.54) is 25.7 Å². The van der Waals surface area contributed by atoms with E-state index in [0.717, 1.165) is 19.4 Å². The first kappa shape index (κ1) is 9.04. The SMILES string of the molecule is CCC1CC(=O)N(C2CCCC2)C1. The van der Waals surface area contributed by atoms with Gasteiger partial charge in [0, 0.05) is 19.0 Å². The average Bonchev–Trinajstić information content (AvgIpc) is 2.72. The summed E-state index contributed by atoms with van der Waals surface area (Å²) >= 11 is 0. The summed E-state index contributed by atoms with van der Waals surface area (Å²) in [6.45, 7) is 3.23. The predicted octanol–water partition coefficient (Wildman–Crippen LogP) is 2.19. The summed E-state index contributed by atoms with van der Waals surface area (Å²) in [5, 5.41) is 0. The molecule has 1 aliphatic carbocycles. The van der Waals surface area contributed by atoms with E-state index in [0.29, 0.717) is 17.9 Å². The third kappa shape index (κ3) is 1.72. The zero-order chi connectivity index (χ0) is 9.26. The zero-order valence-electron chi connectivity index (χ0n) is 8.46. The van der Waals surface area contributed by atoms with Crippen LogP contribution in [0, 0.1) is 5.92 Å². The molecule has 2 fully saturated rings. The molecule has 0 bridgehead atoms. The second-order valence-corrected chi connectivity index (χ2v) is 4.46.